The van der Waals surface area contributed by atoms with Crippen LogP contribution in [0.2, 0.25) is 0 Å². The van der Waals surface area contributed by atoms with Crippen molar-refractivity contribution in [1.82, 2.24) is 0 Å². The molecule has 3 aromatic carbocycles. The molecule has 0 fully saturated rings. The van der Waals surface area contributed by atoms with Crippen molar-refractivity contribution in [2.45, 2.75) is 0 Å². The van der Waals surface area contributed by atoms with Gasteiger partial charge in [-0.05, 0) is 23.6 Å². The van der Waals surface area contributed by atoms with Gasteiger partial charge in [-0.3, -0.25) is 0 Å². The van der Waals surface area contributed by atoms with Gasteiger partial charge in [-0.15, -0.1) is 0 Å². The monoisotopic (exact) mass is 247 g/mol. The van der Waals surface area contributed by atoms with Crippen LogP contribution in [0.3, 0.4) is 0 Å². The van der Waals surface area contributed by atoms with Crippen LogP contribution in [0.15, 0.2) is 78.0 Å². The molecule has 19 heavy (non-hydrogen) atoms. The second-order valence-corrected chi connectivity index (χ2v) is 4.25. The summed E-state index contributed by atoms with van der Waals surface area (Å²) in [6, 6.07) is 23.9. The molecule has 3 heteroatoms. The Bertz CT molecular complexity index is 702. The number of benzene rings is 3. The molecule has 0 aromatic heterocycles. The lowest BCUT2D eigenvalue weighted by Crippen LogP contribution is -2.07. The maximum atomic E-state index is 7.46. The summed E-state index contributed by atoms with van der Waals surface area (Å²) < 4.78 is 0. The van der Waals surface area contributed by atoms with Crippen LogP contribution in [0, 0.1) is 5.53 Å². The van der Waals surface area contributed by atoms with Crippen molar-refractivity contribution in [2.24, 2.45) is 5.22 Å². The normalized spacial score (nSPS) is 10.3. The number of para-hydroxylation sites is 1. The number of fused-ring (bicyclic) bond motifs is 1. The van der Waals surface area contributed by atoms with E-state index < -0.39 is 0 Å². The van der Waals surface area contributed by atoms with Gasteiger partial charge in [0, 0.05) is 5.39 Å². The van der Waals surface area contributed by atoms with Crippen molar-refractivity contribution in [3.8, 4) is 0 Å². The number of hydrogen-bond acceptors (Lipinski definition) is 2. The van der Waals surface area contributed by atoms with E-state index >= 15 is 0 Å². The molecule has 3 aromatic rings. The van der Waals surface area contributed by atoms with E-state index in [0.29, 0.717) is 0 Å². The molecule has 0 spiro atoms. The van der Waals surface area contributed by atoms with Crippen molar-refractivity contribution >= 4 is 22.1 Å². The maximum Gasteiger partial charge on any atom is 0.0748 e. The first kappa shape index (κ1) is 11.4. The summed E-state index contributed by atoms with van der Waals surface area (Å²) in [5.41, 5.74) is 9.26. The molecule has 1 N–H and O–H groups in total. The van der Waals surface area contributed by atoms with Gasteiger partial charge in [-0.1, -0.05) is 59.8 Å². The Morgan fingerprint density at radius 3 is 2.21 bits per heavy atom. The zero-order chi connectivity index (χ0) is 13.1. The van der Waals surface area contributed by atoms with Gasteiger partial charge >= 0.3 is 0 Å². The molecule has 0 aliphatic rings. The van der Waals surface area contributed by atoms with Gasteiger partial charge < -0.3 is 0 Å². The van der Waals surface area contributed by atoms with Crippen LogP contribution in [0.5, 0.6) is 0 Å². The lowest BCUT2D eigenvalue weighted by molar-refractivity contribution is 0.925. The van der Waals surface area contributed by atoms with Crippen LogP contribution in [-0.4, -0.2) is 0 Å². The smallest absolute Gasteiger partial charge is 0.0748 e. The lowest BCUT2D eigenvalue weighted by atomic mass is 10.1. The van der Waals surface area contributed by atoms with E-state index in [-0.39, 0.29) is 0 Å². The van der Waals surface area contributed by atoms with Gasteiger partial charge in [0.15, 0.2) is 0 Å². The molecule has 0 atom stereocenters. The van der Waals surface area contributed by atoms with Crippen LogP contribution in [0.4, 0.5) is 11.4 Å². The number of nitrogens with one attached hydrogen (secondary N) is 1. The first-order valence-electron chi connectivity index (χ1n) is 6.10. The van der Waals surface area contributed by atoms with Gasteiger partial charge in [-0.25, -0.2) is 5.01 Å². The maximum absolute atomic E-state index is 7.46. The standard InChI is InChI=1S/C16H13N3/c17-18-19(14-9-2-1-3-10-14)16-12-6-8-13-7-4-5-11-15(13)16/h1-12,17H. The Morgan fingerprint density at radius 1 is 0.737 bits per heavy atom. The second-order valence-electron chi connectivity index (χ2n) is 4.25. The molecular formula is C16H13N3. The minimum absolute atomic E-state index is 0.883. The third kappa shape index (κ3) is 2.06. The fraction of sp³-hybridized carbons (Fsp3) is 0. The predicted octanol–water partition coefficient (Wildman–Crippen LogP) is 4.92. The Hall–Kier alpha value is -2.68. The third-order valence-corrected chi connectivity index (χ3v) is 3.10. The van der Waals surface area contributed by atoms with Gasteiger partial charge in [0.1, 0.15) is 0 Å². The Morgan fingerprint density at radius 2 is 1.42 bits per heavy atom. The highest BCUT2D eigenvalue weighted by Crippen LogP contribution is 2.32. The van der Waals surface area contributed by atoms with E-state index in [2.05, 4.69) is 17.4 Å². The first-order chi connectivity index (χ1) is 9.40. The summed E-state index contributed by atoms with van der Waals surface area (Å²) in [5.74, 6) is 0. The minimum atomic E-state index is 0.883. The molecule has 0 saturated heterocycles. The average molecular weight is 247 g/mol. The predicted molar refractivity (Wildman–Crippen MR) is 77.7 cm³/mol. The summed E-state index contributed by atoms with van der Waals surface area (Å²) in [4.78, 5) is 0. The lowest BCUT2D eigenvalue weighted by Gasteiger charge is -2.18. The molecule has 0 bridgehead atoms. The molecule has 0 saturated carbocycles. The molecule has 3 rings (SSSR count). The summed E-state index contributed by atoms with van der Waals surface area (Å²) in [6.45, 7) is 0. The number of rotatable bonds is 3. The van der Waals surface area contributed by atoms with Crippen molar-refractivity contribution in [2.75, 3.05) is 5.01 Å². The molecule has 0 radical (unpaired) electrons. The average Bonchev–Trinajstić information content (AvgIpc) is 2.49. The largest absolute Gasteiger partial charge is 0.215 e. The van der Waals surface area contributed by atoms with Crippen molar-refractivity contribution in [1.29, 1.82) is 5.53 Å². The highest BCUT2D eigenvalue weighted by molar-refractivity contribution is 5.95. The fourth-order valence-corrected chi connectivity index (χ4v) is 2.21. The number of anilines is 2. The SMILES string of the molecule is N=NN(c1ccccc1)c1cccc2ccccc12. The van der Waals surface area contributed by atoms with E-state index in [1.807, 2.05) is 60.7 Å². The van der Waals surface area contributed by atoms with E-state index in [1.54, 1.807) is 5.01 Å². The number of hydrogen-bond donors (Lipinski definition) is 1. The zero-order valence-electron chi connectivity index (χ0n) is 10.3. The van der Waals surface area contributed by atoms with Gasteiger partial charge in [-0.2, -0.15) is 5.53 Å². The molecule has 92 valence electrons. The van der Waals surface area contributed by atoms with Gasteiger partial charge in [0.05, 0.1) is 11.4 Å². The Kier molecular flexibility index (Phi) is 2.94. The quantitative estimate of drug-likeness (QED) is 0.517. The first-order valence-corrected chi connectivity index (χ1v) is 6.10. The second kappa shape index (κ2) is 4.90. The van der Waals surface area contributed by atoms with Crippen molar-refractivity contribution < 1.29 is 0 Å². The van der Waals surface area contributed by atoms with Crippen molar-refractivity contribution in [3.05, 3.63) is 72.8 Å². The van der Waals surface area contributed by atoms with E-state index in [9.17, 15) is 0 Å². The van der Waals surface area contributed by atoms with Crippen molar-refractivity contribution in [3.63, 3.8) is 0 Å². The third-order valence-electron chi connectivity index (χ3n) is 3.10. The highest BCUT2D eigenvalue weighted by atomic mass is 15.5. The highest BCUT2D eigenvalue weighted by Gasteiger charge is 2.10. The fourth-order valence-electron chi connectivity index (χ4n) is 2.21. The number of nitrogens with zero attached hydrogens (tertiary/aromatic N) is 2. The summed E-state index contributed by atoms with van der Waals surface area (Å²) >= 11 is 0. The van der Waals surface area contributed by atoms with Gasteiger partial charge in [0.2, 0.25) is 0 Å². The van der Waals surface area contributed by atoms with Crippen LogP contribution in [0.1, 0.15) is 0 Å². The zero-order valence-corrected chi connectivity index (χ0v) is 10.3. The molecule has 3 nitrogen and oxygen atoms in total. The molecule has 0 aliphatic carbocycles. The van der Waals surface area contributed by atoms with E-state index in [1.165, 1.54) is 0 Å². The van der Waals surface area contributed by atoms with Crippen LogP contribution in [0.25, 0.3) is 10.8 Å². The summed E-state index contributed by atoms with van der Waals surface area (Å²) in [5, 5.41) is 7.53. The minimum Gasteiger partial charge on any atom is -0.215 e. The Labute approximate surface area is 111 Å². The molecular weight excluding hydrogens is 234 g/mol. The molecule has 0 amide bonds. The van der Waals surface area contributed by atoms with E-state index in [4.69, 9.17) is 5.53 Å². The van der Waals surface area contributed by atoms with Crippen LogP contribution < -0.4 is 5.01 Å². The molecule has 0 aliphatic heterocycles. The summed E-state index contributed by atoms with van der Waals surface area (Å²) in [6.07, 6.45) is 0. The molecule has 0 heterocycles. The summed E-state index contributed by atoms with van der Waals surface area (Å²) in [7, 11) is 0. The van der Waals surface area contributed by atoms with Crippen LogP contribution in [-0.2, 0) is 0 Å². The van der Waals surface area contributed by atoms with Gasteiger partial charge in [0.25, 0.3) is 0 Å². The molecule has 0 unspecified atom stereocenters. The topological polar surface area (TPSA) is 39.5 Å². The van der Waals surface area contributed by atoms with E-state index in [0.717, 1.165) is 22.1 Å². The Balaban J connectivity index is 2.20. The van der Waals surface area contributed by atoms with Crippen LogP contribution >= 0.6 is 0 Å².